The molecule has 0 radical (unpaired) electrons. The minimum absolute atomic E-state index is 0.0224. The number of carbonyl (C=O) groups excluding carboxylic acids is 3. The molecule has 38 heavy (non-hydrogen) atoms. The molecular weight excluding hydrogens is 500 g/mol. The first kappa shape index (κ1) is 29.4. The summed E-state index contributed by atoms with van der Waals surface area (Å²) in [6.45, 7) is 1.87. The molecule has 0 spiro atoms. The number of carbonyl (C=O) groups is 3. The number of nitrogens with zero attached hydrogens (tertiary/aromatic N) is 1. The molecule has 1 heterocycles. The minimum atomic E-state index is -3.13. The zero-order chi connectivity index (χ0) is 27.3. The number of esters is 1. The third-order valence-corrected chi connectivity index (χ3v) is 6.29. The Balaban J connectivity index is 1.62. The van der Waals surface area contributed by atoms with Gasteiger partial charge in [0.2, 0.25) is 11.8 Å². The summed E-state index contributed by atoms with van der Waals surface area (Å²) in [6.07, 6.45) is 6.73. The molecule has 208 valence electrons. The summed E-state index contributed by atoms with van der Waals surface area (Å²) >= 11 is 0. The maximum Gasteiger partial charge on any atom is 0.345 e. The van der Waals surface area contributed by atoms with Gasteiger partial charge in [0.05, 0.1) is 26.4 Å². The summed E-state index contributed by atoms with van der Waals surface area (Å²) in [5.41, 5.74) is 0.758. The van der Waals surface area contributed by atoms with E-state index in [1.807, 2.05) is 23.1 Å². The predicted octanol–water partition coefficient (Wildman–Crippen LogP) is 1.69. The number of hydrogen-bond acceptors (Lipinski definition) is 7. The monoisotopic (exact) mass is 535 g/mol. The fraction of sp³-hybridized carbons (Fsp3) is 0.519. The van der Waals surface area contributed by atoms with Gasteiger partial charge in [0.15, 0.2) is 0 Å². The van der Waals surface area contributed by atoms with Gasteiger partial charge < -0.3 is 24.8 Å². The van der Waals surface area contributed by atoms with E-state index in [-0.39, 0.29) is 19.6 Å². The SMILES string of the molecule is C=CC1CC1/C=C/COC(=O)[C@H](Cc1ccccc1)NC(=O)[C@H](COC(F)F)NC(=O)CN1CCOCC1. The lowest BCUT2D eigenvalue weighted by Gasteiger charge is -2.27. The van der Waals surface area contributed by atoms with Crippen LogP contribution >= 0.6 is 0 Å². The Kier molecular flexibility index (Phi) is 11.8. The highest BCUT2D eigenvalue weighted by atomic mass is 19.3. The molecule has 2 aliphatic rings. The van der Waals surface area contributed by atoms with Gasteiger partial charge in [-0.3, -0.25) is 14.5 Å². The average Bonchev–Trinajstić information content (AvgIpc) is 3.68. The molecule has 11 heteroatoms. The van der Waals surface area contributed by atoms with E-state index < -0.39 is 43.1 Å². The van der Waals surface area contributed by atoms with Crippen LogP contribution in [0.2, 0.25) is 0 Å². The Labute approximate surface area is 221 Å². The van der Waals surface area contributed by atoms with E-state index in [1.54, 1.807) is 30.3 Å². The Morgan fingerprint density at radius 2 is 1.84 bits per heavy atom. The van der Waals surface area contributed by atoms with Crippen molar-refractivity contribution >= 4 is 17.8 Å². The molecule has 4 atom stereocenters. The molecule has 1 aliphatic heterocycles. The molecule has 0 aromatic heterocycles. The van der Waals surface area contributed by atoms with Gasteiger partial charge in [-0.05, 0) is 23.8 Å². The number of morpholine rings is 1. The van der Waals surface area contributed by atoms with Crippen molar-refractivity contribution < 1.29 is 37.4 Å². The van der Waals surface area contributed by atoms with Crippen LogP contribution in [0.25, 0.3) is 0 Å². The lowest BCUT2D eigenvalue weighted by molar-refractivity contribution is -0.151. The first-order valence-corrected chi connectivity index (χ1v) is 12.6. The smallest absolute Gasteiger partial charge is 0.345 e. The summed E-state index contributed by atoms with van der Waals surface area (Å²) in [4.78, 5) is 40.3. The minimum Gasteiger partial charge on any atom is -0.460 e. The van der Waals surface area contributed by atoms with E-state index in [0.717, 1.165) is 12.0 Å². The zero-order valence-corrected chi connectivity index (χ0v) is 21.2. The maximum atomic E-state index is 13.1. The van der Waals surface area contributed by atoms with Crippen LogP contribution in [0.4, 0.5) is 8.78 Å². The topological polar surface area (TPSA) is 106 Å². The van der Waals surface area contributed by atoms with Gasteiger partial charge in [0, 0.05) is 19.5 Å². The van der Waals surface area contributed by atoms with Crippen molar-refractivity contribution in [3.05, 3.63) is 60.7 Å². The standard InChI is InChI=1S/C27H35F2N3O6/c1-2-20-16-21(20)9-6-12-37-26(35)22(15-19-7-4-3-5-8-19)31-25(34)23(18-38-27(28)29)30-24(33)17-32-10-13-36-14-11-32/h2-9,20-23,27H,1,10-18H2,(H,30,33)(H,31,34)/b9-6+/t20?,21?,22-,23-/m0/s1. The normalized spacial score (nSPS) is 21.0. The van der Waals surface area contributed by atoms with Crippen LogP contribution in [0.3, 0.4) is 0 Å². The molecule has 3 rings (SSSR count). The lowest BCUT2D eigenvalue weighted by Crippen LogP contribution is -2.56. The lowest BCUT2D eigenvalue weighted by atomic mass is 10.1. The van der Waals surface area contributed by atoms with E-state index >= 15 is 0 Å². The average molecular weight is 536 g/mol. The van der Waals surface area contributed by atoms with Gasteiger partial charge in [-0.2, -0.15) is 8.78 Å². The molecule has 1 aromatic carbocycles. The highest BCUT2D eigenvalue weighted by Gasteiger charge is 2.32. The van der Waals surface area contributed by atoms with Crippen molar-refractivity contribution in [2.24, 2.45) is 11.8 Å². The molecular formula is C27H35F2N3O6. The Hall–Kier alpha value is -3.15. The molecule has 0 bridgehead atoms. The van der Waals surface area contributed by atoms with Gasteiger partial charge >= 0.3 is 12.6 Å². The van der Waals surface area contributed by atoms with Gasteiger partial charge in [0.25, 0.3) is 0 Å². The van der Waals surface area contributed by atoms with Crippen molar-refractivity contribution in [1.29, 1.82) is 0 Å². The number of hydrogen-bond donors (Lipinski definition) is 2. The van der Waals surface area contributed by atoms with Crippen LogP contribution in [-0.2, 0) is 35.0 Å². The second-order valence-corrected chi connectivity index (χ2v) is 9.21. The molecule has 2 unspecified atom stereocenters. The van der Waals surface area contributed by atoms with Crippen molar-refractivity contribution in [1.82, 2.24) is 15.5 Å². The Bertz CT molecular complexity index is 955. The Morgan fingerprint density at radius 1 is 1.11 bits per heavy atom. The molecule has 1 aromatic rings. The van der Waals surface area contributed by atoms with Crippen molar-refractivity contribution in [2.45, 2.75) is 31.5 Å². The molecule has 2 N–H and O–H groups in total. The van der Waals surface area contributed by atoms with Gasteiger partial charge in [-0.15, -0.1) is 6.58 Å². The Morgan fingerprint density at radius 3 is 2.50 bits per heavy atom. The number of halogens is 2. The molecule has 9 nitrogen and oxygen atoms in total. The number of allylic oxidation sites excluding steroid dienone is 2. The van der Waals surface area contributed by atoms with E-state index in [9.17, 15) is 23.2 Å². The van der Waals surface area contributed by atoms with E-state index in [1.165, 1.54) is 0 Å². The summed E-state index contributed by atoms with van der Waals surface area (Å²) in [6, 6.07) is 6.43. The maximum absolute atomic E-state index is 13.1. The highest BCUT2D eigenvalue weighted by Crippen LogP contribution is 2.40. The third-order valence-electron chi connectivity index (χ3n) is 6.29. The fourth-order valence-electron chi connectivity index (χ4n) is 4.06. The van der Waals surface area contributed by atoms with Gasteiger partial charge in [0.1, 0.15) is 18.7 Å². The molecule has 2 fully saturated rings. The third kappa shape index (κ3) is 10.3. The molecule has 1 saturated carbocycles. The quantitative estimate of drug-likeness (QED) is 0.260. The highest BCUT2D eigenvalue weighted by molar-refractivity contribution is 5.91. The van der Waals surface area contributed by atoms with Gasteiger partial charge in [-0.1, -0.05) is 48.6 Å². The summed E-state index contributed by atoms with van der Waals surface area (Å²) < 4.78 is 40.4. The van der Waals surface area contributed by atoms with Gasteiger partial charge in [-0.25, -0.2) is 4.79 Å². The summed E-state index contributed by atoms with van der Waals surface area (Å²) in [5, 5.41) is 5.00. The van der Waals surface area contributed by atoms with Crippen LogP contribution in [0.15, 0.2) is 55.1 Å². The number of rotatable bonds is 15. The van der Waals surface area contributed by atoms with Crippen LogP contribution < -0.4 is 10.6 Å². The predicted molar refractivity (Wildman–Crippen MR) is 135 cm³/mol. The summed E-state index contributed by atoms with van der Waals surface area (Å²) in [7, 11) is 0. The number of ether oxygens (including phenoxy) is 3. The molecule has 1 aliphatic carbocycles. The number of alkyl halides is 2. The van der Waals surface area contributed by atoms with Crippen LogP contribution in [0.5, 0.6) is 0 Å². The van der Waals surface area contributed by atoms with Crippen molar-refractivity contribution in [3.63, 3.8) is 0 Å². The fourth-order valence-corrected chi connectivity index (χ4v) is 4.06. The molecule has 1 saturated heterocycles. The van der Waals surface area contributed by atoms with Crippen molar-refractivity contribution in [2.75, 3.05) is 46.1 Å². The second-order valence-electron chi connectivity index (χ2n) is 9.21. The van der Waals surface area contributed by atoms with Crippen LogP contribution in [-0.4, -0.2) is 87.4 Å². The van der Waals surface area contributed by atoms with E-state index in [0.29, 0.717) is 38.1 Å². The van der Waals surface area contributed by atoms with E-state index in [4.69, 9.17) is 9.47 Å². The molecule has 2 amide bonds. The number of nitrogens with one attached hydrogen (secondary N) is 2. The zero-order valence-electron chi connectivity index (χ0n) is 21.2. The number of amides is 2. The second kappa shape index (κ2) is 15.3. The largest absolute Gasteiger partial charge is 0.460 e. The van der Waals surface area contributed by atoms with Crippen molar-refractivity contribution in [3.8, 4) is 0 Å². The van der Waals surface area contributed by atoms with Crippen LogP contribution in [0.1, 0.15) is 12.0 Å². The first-order chi connectivity index (χ1) is 18.4. The van der Waals surface area contributed by atoms with Crippen LogP contribution in [0, 0.1) is 11.8 Å². The van der Waals surface area contributed by atoms with E-state index in [2.05, 4.69) is 21.9 Å². The number of benzene rings is 1. The first-order valence-electron chi connectivity index (χ1n) is 12.6. The summed E-state index contributed by atoms with van der Waals surface area (Å²) in [5.74, 6) is -1.21.